The normalized spacial score (nSPS) is 17.8. The van der Waals surface area contributed by atoms with Crippen molar-refractivity contribution in [3.05, 3.63) is 50.4 Å². The number of alkyl halides is 5. The van der Waals surface area contributed by atoms with E-state index in [2.05, 4.69) is 10.3 Å². The number of thiazole rings is 1. The molecule has 1 N–H and O–H groups in total. The van der Waals surface area contributed by atoms with Gasteiger partial charge in [-0.25, -0.2) is 13.8 Å². The topological polar surface area (TPSA) is 86.1 Å². The van der Waals surface area contributed by atoms with E-state index >= 15 is 0 Å². The van der Waals surface area contributed by atoms with E-state index in [0.29, 0.717) is 9.91 Å². The van der Waals surface area contributed by atoms with Crippen molar-refractivity contribution in [3.63, 3.8) is 0 Å². The summed E-state index contributed by atoms with van der Waals surface area (Å²) < 4.78 is 65.8. The van der Waals surface area contributed by atoms with Crippen LogP contribution >= 0.6 is 22.9 Å². The first-order valence-electron chi connectivity index (χ1n) is 9.05. The summed E-state index contributed by atoms with van der Waals surface area (Å²) in [6, 6.07) is 3.80. The molecule has 1 aromatic carbocycles. The summed E-state index contributed by atoms with van der Waals surface area (Å²) in [4.78, 5) is 29.1. The van der Waals surface area contributed by atoms with E-state index in [9.17, 15) is 31.5 Å². The maximum absolute atomic E-state index is 13.4. The van der Waals surface area contributed by atoms with E-state index in [1.165, 1.54) is 11.4 Å². The Morgan fingerprint density at radius 3 is 2.75 bits per heavy atom. The number of aromatic nitrogens is 1. The van der Waals surface area contributed by atoms with Crippen LogP contribution in [0.25, 0.3) is 0 Å². The second-order valence-electron chi connectivity index (χ2n) is 7.02. The third-order valence-corrected chi connectivity index (χ3v) is 5.79. The molecule has 3 rings (SSSR count). The van der Waals surface area contributed by atoms with Crippen LogP contribution in [0.15, 0.2) is 23.6 Å². The molecule has 1 saturated heterocycles. The van der Waals surface area contributed by atoms with Gasteiger partial charge in [0.15, 0.2) is 0 Å². The lowest BCUT2D eigenvalue weighted by Gasteiger charge is -2.19. The molecule has 0 unspecified atom stereocenters. The van der Waals surface area contributed by atoms with Crippen LogP contribution in [0.1, 0.15) is 33.0 Å². The van der Waals surface area contributed by atoms with Crippen molar-refractivity contribution in [2.75, 3.05) is 13.1 Å². The molecule has 2 amide bonds. The monoisotopic (exact) mass is 492 g/mol. The van der Waals surface area contributed by atoms with Gasteiger partial charge < -0.3 is 10.2 Å². The summed E-state index contributed by atoms with van der Waals surface area (Å²) in [5, 5.41) is 12.5. The third-order valence-electron chi connectivity index (χ3n) is 4.62. The SMILES string of the molecule is N#C[C@@H]1CC(F)(F)CN1C(=O)CNC(=O)c1csc(Cc2ccc(Cl)c(C(F)(F)F)c2)n1. The van der Waals surface area contributed by atoms with Crippen LogP contribution in [-0.4, -0.2) is 46.8 Å². The Labute approximate surface area is 187 Å². The Bertz CT molecular complexity index is 1080. The van der Waals surface area contributed by atoms with E-state index < -0.39 is 60.1 Å². The second-order valence-corrected chi connectivity index (χ2v) is 8.37. The van der Waals surface area contributed by atoms with E-state index in [1.807, 2.05) is 0 Å². The van der Waals surface area contributed by atoms with E-state index in [0.717, 1.165) is 23.5 Å². The zero-order valence-electron chi connectivity index (χ0n) is 16.0. The lowest BCUT2D eigenvalue weighted by atomic mass is 10.1. The van der Waals surface area contributed by atoms with Gasteiger partial charge in [-0.15, -0.1) is 11.3 Å². The standard InChI is InChI=1S/C19H14ClF5N4O2S/c20-13-2-1-10(3-12(13)19(23,24)25)4-15-28-14(8-32-15)17(31)27-7-16(30)29-9-18(21,22)5-11(29)6-26/h1-3,8,11H,4-5,7,9H2,(H,27,31)/t11-/m0/s1. The molecule has 0 bridgehead atoms. The summed E-state index contributed by atoms with van der Waals surface area (Å²) in [6.07, 6.45) is -5.36. The van der Waals surface area contributed by atoms with Crippen molar-refractivity contribution < 1.29 is 31.5 Å². The predicted molar refractivity (Wildman–Crippen MR) is 104 cm³/mol. The number of amides is 2. The first-order valence-corrected chi connectivity index (χ1v) is 10.3. The maximum atomic E-state index is 13.4. The van der Waals surface area contributed by atoms with E-state index in [4.69, 9.17) is 16.9 Å². The van der Waals surface area contributed by atoms with Crippen LogP contribution in [0.2, 0.25) is 5.02 Å². The summed E-state index contributed by atoms with van der Waals surface area (Å²) in [6.45, 7) is -1.51. The second kappa shape index (κ2) is 8.99. The van der Waals surface area contributed by atoms with Crippen molar-refractivity contribution >= 4 is 34.8 Å². The minimum atomic E-state index is -4.61. The van der Waals surface area contributed by atoms with Gasteiger partial charge in [-0.05, 0) is 17.7 Å². The van der Waals surface area contributed by atoms with Gasteiger partial charge in [0.2, 0.25) is 5.91 Å². The Balaban J connectivity index is 1.61. The lowest BCUT2D eigenvalue weighted by molar-refractivity contribution is -0.137. The summed E-state index contributed by atoms with van der Waals surface area (Å²) in [5.74, 6) is -4.76. The molecule has 2 aromatic rings. The van der Waals surface area contributed by atoms with Crippen molar-refractivity contribution in [1.29, 1.82) is 5.26 Å². The number of rotatable bonds is 5. The number of nitrogens with zero attached hydrogens (tertiary/aromatic N) is 3. The van der Waals surface area contributed by atoms with Crippen LogP contribution in [0, 0.1) is 11.3 Å². The molecule has 1 fully saturated rings. The fraction of sp³-hybridized carbons (Fsp3) is 0.368. The summed E-state index contributed by atoms with van der Waals surface area (Å²) >= 11 is 6.62. The Hall–Kier alpha value is -2.78. The molecule has 0 spiro atoms. The van der Waals surface area contributed by atoms with Gasteiger partial charge in [0.05, 0.1) is 34.8 Å². The number of nitrogens with one attached hydrogen (secondary N) is 1. The highest BCUT2D eigenvalue weighted by Gasteiger charge is 2.47. The minimum absolute atomic E-state index is 0.0177. The molecular formula is C19H14ClF5N4O2S. The number of carbonyl (C=O) groups excluding carboxylic acids is 2. The summed E-state index contributed by atoms with van der Waals surface area (Å²) in [5.41, 5.74) is -0.769. The maximum Gasteiger partial charge on any atom is 0.417 e. The van der Waals surface area contributed by atoms with E-state index in [1.54, 1.807) is 6.07 Å². The van der Waals surface area contributed by atoms with Gasteiger partial charge in [-0.2, -0.15) is 18.4 Å². The van der Waals surface area contributed by atoms with Crippen LogP contribution in [-0.2, 0) is 17.4 Å². The quantitative estimate of drug-likeness (QED) is 0.642. The molecule has 1 aliphatic rings. The van der Waals surface area contributed by atoms with Gasteiger partial charge >= 0.3 is 6.18 Å². The molecular weight excluding hydrogens is 479 g/mol. The Kier molecular flexibility index (Phi) is 6.71. The highest BCUT2D eigenvalue weighted by atomic mass is 35.5. The molecule has 32 heavy (non-hydrogen) atoms. The van der Waals surface area contributed by atoms with Crippen molar-refractivity contribution in [2.45, 2.75) is 31.0 Å². The molecule has 0 radical (unpaired) electrons. The van der Waals surface area contributed by atoms with Crippen molar-refractivity contribution in [1.82, 2.24) is 15.2 Å². The van der Waals surface area contributed by atoms with E-state index in [-0.39, 0.29) is 17.7 Å². The molecule has 0 saturated carbocycles. The zero-order chi connectivity index (χ0) is 23.7. The first kappa shape index (κ1) is 23.9. The first-order chi connectivity index (χ1) is 14.9. The molecule has 6 nitrogen and oxygen atoms in total. The molecule has 1 atom stereocenters. The number of likely N-dealkylation sites (tertiary alicyclic amines) is 1. The predicted octanol–water partition coefficient (Wildman–Crippen LogP) is 3.90. The Morgan fingerprint density at radius 1 is 1.38 bits per heavy atom. The number of hydrogen-bond donors (Lipinski definition) is 1. The Morgan fingerprint density at radius 2 is 2.09 bits per heavy atom. The largest absolute Gasteiger partial charge is 0.417 e. The van der Waals surface area contributed by atoms with Gasteiger partial charge in [0.25, 0.3) is 11.8 Å². The molecule has 0 aliphatic carbocycles. The molecule has 2 heterocycles. The number of carbonyl (C=O) groups is 2. The van der Waals surface area contributed by atoms with Crippen LogP contribution < -0.4 is 5.32 Å². The van der Waals surface area contributed by atoms with Crippen LogP contribution in [0.4, 0.5) is 22.0 Å². The van der Waals surface area contributed by atoms with Gasteiger partial charge in [0, 0.05) is 18.2 Å². The smallest absolute Gasteiger partial charge is 0.342 e. The van der Waals surface area contributed by atoms with Gasteiger partial charge in [-0.3, -0.25) is 9.59 Å². The fourth-order valence-electron chi connectivity index (χ4n) is 3.11. The van der Waals surface area contributed by atoms with Crippen molar-refractivity contribution in [2.24, 2.45) is 0 Å². The average molecular weight is 493 g/mol. The highest BCUT2D eigenvalue weighted by Crippen LogP contribution is 2.35. The molecule has 13 heteroatoms. The zero-order valence-corrected chi connectivity index (χ0v) is 17.6. The number of hydrogen-bond acceptors (Lipinski definition) is 5. The number of halogens is 6. The lowest BCUT2D eigenvalue weighted by Crippen LogP contribution is -2.43. The fourth-order valence-corrected chi connectivity index (χ4v) is 4.15. The molecule has 1 aliphatic heterocycles. The minimum Gasteiger partial charge on any atom is -0.342 e. The van der Waals surface area contributed by atoms with Gasteiger partial charge in [0.1, 0.15) is 11.7 Å². The van der Waals surface area contributed by atoms with Crippen molar-refractivity contribution in [3.8, 4) is 6.07 Å². The third kappa shape index (κ3) is 5.52. The highest BCUT2D eigenvalue weighted by molar-refractivity contribution is 7.09. The molecule has 1 aromatic heterocycles. The summed E-state index contributed by atoms with van der Waals surface area (Å²) in [7, 11) is 0. The number of nitriles is 1. The average Bonchev–Trinajstić information content (AvgIpc) is 3.30. The van der Waals surface area contributed by atoms with Gasteiger partial charge in [-0.1, -0.05) is 17.7 Å². The molecule has 170 valence electrons. The number of benzene rings is 1. The van der Waals surface area contributed by atoms with Crippen LogP contribution in [0.5, 0.6) is 0 Å². The van der Waals surface area contributed by atoms with Crippen LogP contribution in [0.3, 0.4) is 0 Å².